The Kier molecular flexibility index (Phi) is 4.59. The maximum Gasteiger partial charge on any atom is 0.225 e. The summed E-state index contributed by atoms with van der Waals surface area (Å²) in [5.41, 5.74) is 6.54. The smallest absolute Gasteiger partial charge is 0.225 e. The van der Waals surface area contributed by atoms with Crippen molar-refractivity contribution in [3.63, 3.8) is 0 Å². The zero-order chi connectivity index (χ0) is 15.5. The van der Waals surface area contributed by atoms with E-state index in [1.54, 1.807) is 6.07 Å². The molecular weight excluding hydrogens is 280 g/mol. The molecule has 0 saturated carbocycles. The van der Waals surface area contributed by atoms with Crippen molar-refractivity contribution in [2.75, 3.05) is 45.6 Å². The van der Waals surface area contributed by atoms with E-state index in [1.165, 1.54) is 0 Å². The maximum absolute atomic E-state index is 12.7. The lowest BCUT2D eigenvalue weighted by Gasteiger charge is -2.37. The van der Waals surface area contributed by atoms with Crippen LogP contribution in [0.1, 0.15) is 24.6 Å². The number of likely N-dealkylation sites (tertiary alicyclic amines) is 1. The van der Waals surface area contributed by atoms with E-state index >= 15 is 0 Å². The molecule has 3 heterocycles. The van der Waals surface area contributed by atoms with Gasteiger partial charge in [0.25, 0.3) is 0 Å². The number of nitrogens with zero attached hydrogens (tertiary/aromatic N) is 3. The average Bonchev–Trinajstić information content (AvgIpc) is 2.55. The number of piperidine rings is 1. The molecule has 2 aliphatic rings. The second-order valence-electron chi connectivity index (χ2n) is 6.21. The number of hydrogen-bond acceptors (Lipinski definition) is 5. The quantitative estimate of drug-likeness (QED) is 0.879. The second kappa shape index (κ2) is 6.62. The summed E-state index contributed by atoms with van der Waals surface area (Å²) < 4.78 is 5.78. The lowest BCUT2D eigenvalue weighted by atomic mass is 9.95. The number of aromatic nitrogens is 1. The van der Waals surface area contributed by atoms with Crippen molar-refractivity contribution in [1.82, 2.24) is 14.8 Å². The van der Waals surface area contributed by atoms with E-state index in [1.807, 2.05) is 17.0 Å². The third-order valence-electron chi connectivity index (χ3n) is 4.57. The highest BCUT2D eigenvalue weighted by Crippen LogP contribution is 2.25. The van der Waals surface area contributed by atoms with Gasteiger partial charge in [0, 0.05) is 12.5 Å². The molecule has 0 spiro atoms. The van der Waals surface area contributed by atoms with Gasteiger partial charge < -0.3 is 20.3 Å². The van der Waals surface area contributed by atoms with Gasteiger partial charge >= 0.3 is 0 Å². The first-order valence-electron chi connectivity index (χ1n) is 7.95. The van der Waals surface area contributed by atoms with Gasteiger partial charge in [0.05, 0.1) is 18.8 Å². The minimum atomic E-state index is -0.174. The summed E-state index contributed by atoms with van der Waals surface area (Å²) in [7, 11) is 2.11. The Labute approximate surface area is 131 Å². The molecule has 120 valence electrons. The number of ether oxygens (including phenoxy) is 1. The van der Waals surface area contributed by atoms with Crippen LogP contribution in [-0.2, 0) is 9.53 Å². The second-order valence-corrected chi connectivity index (χ2v) is 6.21. The Morgan fingerprint density at radius 1 is 1.32 bits per heavy atom. The van der Waals surface area contributed by atoms with E-state index in [-0.39, 0.29) is 17.9 Å². The molecule has 0 aliphatic carbocycles. The van der Waals surface area contributed by atoms with Crippen molar-refractivity contribution in [3.05, 3.63) is 23.9 Å². The molecular formula is C16H24N4O2. The van der Waals surface area contributed by atoms with Crippen LogP contribution < -0.4 is 5.73 Å². The normalized spacial score (nSPS) is 24.4. The molecule has 22 heavy (non-hydrogen) atoms. The van der Waals surface area contributed by atoms with Crippen LogP contribution in [0.4, 0.5) is 5.82 Å². The molecule has 6 heteroatoms. The van der Waals surface area contributed by atoms with Gasteiger partial charge in [-0.15, -0.1) is 0 Å². The van der Waals surface area contributed by atoms with Crippen molar-refractivity contribution >= 4 is 11.7 Å². The highest BCUT2D eigenvalue weighted by Gasteiger charge is 2.32. The van der Waals surface area contributed by atoms with Crippen molar-refractivity contribution in [3.8, 4) is 0 Å². The van der Waals surface area contributed by atoms with Gasteiger partial charge in [-0.1, -0.05) is 6.07 Å². The average molecular weight is 304 g/mol. The van der Waals surface area contributed by atoms with Crippen LogP contribution in [-0.4, -0.2) is 60.5 Å². The van der Waals surface area contributed by atoms with Crippen molar-refractivity contribution < 1.29 is 9.53 Å². The molecule has 0 bridgehead atoms. The van der Waals surface area contributed by atoms with Gasteiger partial charge in [-0.3, -0.25) is 4.79 Å². The number of pyridine rings is 1. The molecule has 2 N–H and O–H groups in total. The number of nitrogen functional groups attached to an aromatic ring is 1. The minimum absolute atomic E-state index is 0.156. The Bertz CT molecular complexity index is 529. The molecule has 0 unspecified atom stereocenters. The van der Waals surface area contributed by atoms with Crippen LogP contribution in [0.15, 0.2) is 18.2 Å². The van der Waals surface area contributed by atoms with E-state index in [9.17, 15) is 4.79 Å². The van der Waals surface area contributed by atoms with Gasteiger partial charge in [-0.2, -0.15) is 0 Å². The molecule has 3 rings (SSSR count). The lowest BCUT2D eigenvalue weighted by molar-refractivity contribution is -0.144. The van der Waals surface area contributed by atoms with E-state index in [0.29, 0.717) is 25.5 Å². The number of amides is 1. The third kappa shape index (κ3) is 3.39. The summed E-state index contributed by atoms with van der Waals surface area (Å²) in [6, 6.07) is 5.54. The molecule has 0 aromatic carbocycles. The molecule has 1 atom stereocenters. The number of nitrogens with two attached hydrogens (primary N) is 1. The number of morpholine rings is 1. The summed E-state index contributed by atoms with van der Waals surface area (Å²) in [5.74, 6) is 0.911. The molecule has 1 aromatic rings. The van der Waals surface area contributed by atoms with Gasteiger partial charge in [-0.05, 0) is 45.1 Å². The largest absolute Gasteiger partial charge is 0.384 e. The van der Waals surface area contributed by atoms with Crippen LogP contribution in [0.3, 0.4) is 0 Å². The van der Waals surface area contributed by atoms with Gasteiger partial charge in [0.1, 0.15) is 11.9 Å². The topological polar surface area (TPSA) is 71.7 Å². The van der Waals surface area contributed by atoms with Crippen LogP contribution in [0.2, 0.25) is 0 Å². The van der Waals surface area contributed by atoms with E-state index in [2.05, 4.69) is 16.9 Å². The van der Waals surface area contributed by atoms with Crippen LogP contribution in [0, 0.1) is 5.92 Å². The number of carbonyl (C=O) groups is 1. The van der Waals surface area contributed by atoms with Gasteiger partial charge in [0.15, 0.2) is 0 Å². The molecule has 0 radical (unpaired) electrons. The molecule has 2 fully saturated rings. The summed E-state index contributed by atoms with van der Waals surface area (Å²) in [6.07, 6.45) is 1.73. The summed E-state index contributed by atoms with van der Waals surface area (Å²) in [6.45, 7) is 3.80. The number of rotatable bonds is 2. The number of anilines is 1. The lowest BCUT2D eigenvalue weighted by Crippen LogP contribution is -2.47. The standard InChI is InChI=1S/C16H24N4O2/c1-19-7-5-12(6-8-19)16(21)20-9-10-22-14(11-20)13-3-2-4-15(17)18-13/h2-4,12,14H,5-11H2,1H3,(H2,17,18)/t14-/m0/s1. The molecule has 1 aromatic heterocycles. The zero-order valence-electron chi connectivity index (χ0n) is 13.1. The Hall–Kier alpha value is -1.66. The maximum atomic E-state index is 12.7. The molecule has 2 saturated heterocycles. The molecule has 2 aliphatic heterocycles. The SMILES string of the molecule is CN1CCC(C(=O)N2CCO[C@H](c3cccc(N)n3)C2)CC1. The van der Waals surface area contributed by atoms with Crippen LogP contribution >= 0.6 is 0 Å². The van der Waals surface area contributed by atoms with E-state index in [4.69, 9.17) is 10.5 Å². The Morgan fingerprint density at radius 2 is 2.09 bits per heavy atom. The first-order valence-corrected chi connectivity index (χ1v) is 7.95. The first kappa shape index (κ1) is 15.2. The fraction of sp³-hybridized carbons (Fsp3) is 0.625. The summed E-state index contributed by atoms with van der Waals surface area (Å²) in [5, 5.41) is 0. The summed E-state index contributed by atoms with van der Waals surface area (Å²) in [4.78, 5) is 21.3. The Balaban J connectivity index is 1.64. The van der Waals surface area contributed by atoms with Gasteiger partial charge in [0.2, 0.25) is 5.91 Å². The highest BCUT2D eigenvalue weighted by molar-refractivity contribution is 5.79. The van der Waals surface area contributed by atoms with Crippen molar-refractivity contribution in [1.29, 1.82) is 0 Å². The van der Waals surface area contributed by atoms with Gasteiger partial charge in [-0.25, -0.2) is 4.98 Å². The van der Waals surface area contributed by atoms with Crippen molar-refractivity contribution in [2.45, 2.75) is 18.9 Å². The van der Waals surface area contributed by atoms with Crippen LogP contribution in [0.25, 0.3) is 0 Å². The van der Waals surface area contributed by atoms with Crippen LogP contribution in [0.5, 0.6) is 0 Å². The Morgan fingerprint density at radius 3 is 2.82 bits per heavy atom. The highest BCUT2D eigenvalue weighted by atomic mass is 16.5. The number of hydrogen-bond donors (Lipinski definition) is 1. The minimum Gasteiger partial charge on any atom is -0.384 e. The fourth-order valence-electron chi connectivity index (χ4n) is 3.19. The predicted octanol–water partition coefficient (Wildman–Crippen LogP) is 0.905. The monoisotopic (exact) mass is 304 g/mol. The first-order chi connectivity index (χ1) is 10.6. The predicted molar refractivity (Wildman–Crippen MR) is 84.1 cm³/mol. The fourth-order valence-corrected chi connectivity index (χ4v) is 3.19. The number of carbonyl (C=O) groups excluding carboxylic acids is 1. The third-order valence-corrected chi connectivity index (χ3v) is 4.57. The molecule has 1 amide bonds. The van der Waals surface area contributed by atoms with Crippen molar-refractivity contribution in [2.24, 2.45) is 5.92 Å². The zero-order valence-corrected chi connectivity index (χ0v) is 13.1. The summed E-state index contributed by atoms with van der Waals surface area (Å²) >= 11 is 0. The van der Waals surface area contributed by atoms with E-state index < -0.39 is 0 Å². The molecule has 6 nitrogen and oxygen atoms in total. The van der Waals surface area contributed by atoms with E-state index in [0.717, 1.165) is 31.6 Å².